The zero-order valence-electron chi connectivity index (χ0n) is 17.0. The zero-order chi connectivity index (χ0) is 18.9. The lowest BCUT2D eigenvalue weighted by atomic mass is 9.81. The number of ether oxygens (including phenoxy) is 1. The maximum atomic E-state index is 12.8. The molecule has 1 fully saturated rings. The Morgan fingerprint density at radius 2 is 1.84 bits per heavy atom. The molecule has 2 atom stereocenters. The van der Waals surface area contributed by atoms with E-state index in [0.717, 1.165) is 13.0 Å². The minimum absolute atomic E-state index is 0.0494. The Bertz CT molecular complexity index is 590. The number of carbonyl (C=O) groups excluding carboxylic acids is 1. The minimum Gasteiger partial charge on any atom is -0.460 e. The summed E-state index contributed by atoms with van der Waals surface area (Å²) in [4.78, 5) is 12.8. The fourth-order valence-electron chi connectivity index (χ4n) is 3.91. The number of esters is 1. The summed E-state index contributed by atoms with van der Waals surface area (Å²) >= 11 is 0. The first-order valence-electron chi connectivity index (χ1n) is 9.46. The van der Waals surface area contributed by atoms with Crippen LogP contribution in [0.1, 0.15) is 41.0 Å². The van der Waals surface area contributed by atoms with Gasteiger partial charge in [0.05, 0.1) is 14.0 Å². The number of hydrogen-bond donors (Lipinski definition) is 1. The molecule has 1 unspecified atom stereocenters. The maximum absolute atomic E-state index is 12.8. The Morgan fingerprint density at radius 1 is 1.24 bits per heavy atom. The van der Waals surface area contributed by atoms with E-state index in [1.54, 1.807) is 0 Å². The summed E-state index contributed by atoms with van der Waals surface area (Å²) < 4.78 is 5.74. The molecule has 0 aromatic heterocycles. The van der Waals surface area contributed by atoms with Gasteiger partial charge in [-0.1, -0.05) is 61.1 Å². The molecule has 2 rings (SSSR count). The second-order valence-corrected chi connectivity index (χ2v) is 14.5. The molecule has 1 aliphatic rings. The van der Waals surface area contributed by atoms with Crippen LogP contribution in [0.2, 0.25) is 19.1 Å². The molecular weight excluding hydrogens is 326 g/mol. The lowest BCUT2D eigenvalue weighted by molar-refractivity contribution is -0.163. The Balaban J connectivity index is 2.08. The molecule has 0 saturated carbocycles. The Labute approximate surface area is 154 Å². The van der Waals surface area contributed by atoms with Crippen molar-refractivity contribution in [3.63, 3.8) is 0 Å². The van der Waals surface area contributed by atoms with Gasteiger partial charge in [0.15, 0.2) is 0 Å². The smallest absolute Gasteiger partial charge is 0.311 e. The molecule has 0 spiro atoms. The molecule has 3 nitrogen and oxygen atoms in total. The molecule has 1 aromatic rings. The maximum Gasteiger partial charge on any atom is 0.311 e. The summed E-state index contributed by atoms with van der Waals surface area (Å²) in [6, 6.07) is 12.1. The first-order valence-corrected chi connectivity index (χ1v) is 12.7. The van der Waals surface area contributed by atoms with Crippen LogP contribution in [0.4, 0.5) is 0 Å². The topological polar surface area (TPSA) is 38.3 Å². The van der Waals surface area contributed by atoms with Crippen LogP contribution >= 0.6 is 0 Å². The number of carbonyl (C=O) groups is 1. The van der Waals surface area contributed by atoms with Crippen LogP contribution in [0.15, 0.2) is 30.3 Å². The van der Waals surface area contributed by atoms with Gasteiger partial charge in [-0.15, -0.1) is 0 Å². The van der Waals surface area contributed by atoms with E-state index in [2.05, 4.69) is 62.6 Å². The number of nitrogens with one attached hydrogen (secondary N) is 1. The fraction of sp³-hybridized carbons (Fsp3) is 0.667. The van der Waals surface area contributed by atoms with Gasteiger partial charge in [-0.3, -0.25) is 4.79 Å². The summed E-state index contributed by atoms with van der Waals surface area (Å²) in [5, 5.41) is 5.05. The first kappa shape index (κ1) is 20.2. The molecule has 4 heteroatoms. The van der Waals surface area contributed by atoms with Gasteiger partial charge in [0.25, 0.3) is 0 Å². The van der Waals surface area contributed by atoms with E-state index in [9.17, 15) is 4.79 Å². The van der Waals surface area contributed by atoms with Crippen LogP contribution in [0.25, 0.3) is 0 Å². The molecule has 140 valence electrons. The molecule has 25 heavy (non-hydrogen) atoms. The number of benzene rings is 1. The van der Waals surface area contributed by atoms with Gasteiger partial charge in [-0.2, -0.15) is 0 Å². The van der Waals surface area contributed by atoms with Gasteiger partial charge < -0.3 is 10.1 Å². The van der Waals surface area contributed by atoms with E-state index in [-0.39, 0.29) is 17.4 Å². The summed E-state index contributed by atoms with van der Waals surface area (Å²) in [7, 11) is -1.48. The Hall–Kier alpha value is -1.13. The standard InChI is InChI=1S/C21H35NO2Si/c1-20(2,3)24-19(23)18-16(15-22-21(18,4)5)13-14-25(6,7)17-11-9-8-10-12-17/h8-12,16,18,22H,13-15H2,1-7H3/t16?,18-/m1/s1. The van der Waals surface area contributed by atoms with Crippen LogP contribution in [0.3, 0.4) is 0 Å². The zero-order valence-corrected chi connectivity index (χ0v) is 18.0. The SMILES string of the molecule is CC(C)(C)OC(=O)[C@H]1C(CC[Si](C)(C)c2ccccc2)CNC1(C)C. The summed E-state index contributed by atoms with van der Waals surface area (Å²) in [6.45, 7) is 15.8. The first-order chi connectivity index (χ1) is 11.4. The van der Waals surface area contributed by atoms with Crippen LogP contribution < -0.4 is 10.5 Å². The van der Waals surface area contributed by atoms with Gasteiger partial charge in [-0.05, 0) is 47.1 Å². The Kier molecular flexibility index (Phi) is 5.84. The number of hydrogen-bond acceptors (Lipinski definition) is 3. The highest BCUT2D eigenvalue weighted by molar-refractivity contribution is 6.89. The van der Waals surface area contributed by atoms with Gasteiger partial charge in [-0.25, -0.2) is 0 Å². The van der Waals surface area contributed by atoms with Crippen molar-refractivity contribution in [2.24, 2.45) is 11.8 Å². The molecule has 0 radical (unpaired) electrons. The highest BCUT2D eigenvalue weighted by Crippen LogP contribution is 2.37. The van der Waals surface area contributed by atoms with Crippen molar-refractivity contribution in [2.75, 3.05) is 6.54 Å². The number of rotatable bonds is 5. The largest absolute Gasteiger partial charge is 0.460 e. The summed E-state index contributed by atoms with van der Waals surface area (Å²) in [6.07, 6.45) is 1.08. The molecule has 1 aromatic carbocycles. The average Bonchev–Trinajstić information content (AvgIpc) is 2.79. The van der Waals surface area contributed by atoms with Crippen LogP contribution in [0, 0.1) is 11.8 Å². The van der Waals surface area contributed by atoms with Crippen molar-refractivity contribution >= 4 is 19.2 Å². The van der Waals surface area contributed by atoms with E-state index in [1.807, 2.05) is 20.8 Å². The van der Waals surface area contributed by atoms with E-state index in [4.69, 9.17) is 4.74 Å². The molecule has 1 N–H and O–H groups in total. The van der Waals surface area contributed by atoms with E-state index in [0.29, 0.717) is 5.92 Å². The van der Waals surface area contributed by atoms with Gasteiger partial charge in [0.2, 0.25) is 0 Å². The molecular formula is C21H35NO2Si. The third-order valence-corrected chi connectivity index (χ3v) is 8.86. The van der Waals surface area contributed by atoms with Crippen LogP contribution in [0.5, 0.6) is 0 Å². The average molecular weight is 362 g/mol. The van der Waals surface area contributed by atoms with E-state index < -0.39 is 13.7 Å². The third kappa shape index (κ3) is 5.17. The molecule has 1 saturated heterocycles. The van der Waals surface area contributed by atoms with E-state index in [1.165, 1.54) is 11.2 Å². The van der Waals surface area contributed by atoms with Crippen LogP contribution in [-0.2, 0) is 9.53 Å². The second-order valence-electron chi connectivity index (χ2n) is 9.66. The predicted octanol–water partition coefficient (Wildman–Crippen LogP) is 3.95. The summed E-state index contributed by atoms with van der Waals surface area (Å²) in [5.41, 5.74) is -0.635. The normalized spacial score (nSPS) is 23.5. The lowest BCUT2D eigenvalue weighted by Crippen LogP contribution is -2.45. The van der Waals surface area contributed by atoms with Crippen molar-refractivity contribution in [3.05, 3.63) is 30.3 Å². The van der Waals surface area contributed by atoms with Crippen molar-refractivity contribution in [1.82, 2.24) is 5.32 Å². The van der Waals surface area contributed by atoms with Crippen molar-refractivity contribution < 1.29 is 9.53 Å². The van der Waals surface area contributed by atoms with Crippen LogP contribution in [-0.4, -0.2) is 31.7 Å². The fourth-order valence-corrected chi connectivity index (χ4v) is 6.39. The Morgan fingerprint density at radius 3 is 2.40 bits per heavy atom. The quantitative estimate of drug-likeness (QED) is 0.637. The molecule has 1 aliphatic heterocycles. The van der Waals surface area contributed by atoms with Gasteiger partial charge in [0.1, 0.15) is 5.60 Å². The highest BCUT2D eigenvalue weighted by atomic mass is 28.3. The van der Waals surface area contributed by atoms with Gasteiger partial charge in [0, 0.05) is 5.54 Å². The molecule has 0 amide bonds. The predicted molar refractivity (Wildman–Crippen MR) is 108 cm³/mol. The molecule has 0 aliphatic carbocycles. The van der Waals surface area contributed by atoms with E-state index >= 15 is 0 Å². The highest BCUT2D eigenvalue weighted by Gasteiger charge is 2.48. The minimum atomic E-state index is -1.48. The van der Waals surface area contributed by atoms with Crippen molar-refractivity contribution in [1.29, 1.82) is 0 Å². The third-order valence-electron chi connectivity index (χ3n) is 5.42. The monoisotopic (exact) mass is 361 g/mol. The van der Waals surface area contributed by atoms with Crippen molar-refractivity contribution in [2.45, 2.75) is 71.3 Å². The van der Waals surface area contributed by atoms with Gasteiger partial charge >= 0.3 is 5.97 Å². The lowest BCUT2D eigenvalue weighted by Gasteiger charge is -2.32. The molecule has 1 heterocycles. The van der Waals surface area contributed by atoms with Crippen molar-refractivity contribution in [3.8, 4) is 0 Å². The molecule has 0 bridgehead atoms. The summed E-state index contributed by atoms with van der Waals surface area (Å²) in [5.74, 6) is 0.222. The second kappa shape index (κ2) is 7.24.